The molecule has 5 fully saturated rings. The minimum Gasteiger partial charge on any atom is -0.373 e. The van der Waals surface area contributed by atoms with Crippen molar-refractivity contribution in [1.82, 2.24) is 29.7 Å². The van der Waals surface area contributed by atoms with E-state index in [1.165, 1.54) is 12.8 Å². The lowest BCUT2D eigenvalue weighted by molar-refractivity contribution is -0.402. The van der Waals surface area contributed by atoms with Crippen LogP contribution in [0.15, 0.2) is 12.4 Å². The second-order valence-electron chi connectivity index (χ2n) is 12.0. The quantitative estimate of drug-likeness (QED) is 0.461. The standard InChI is InChI=1S/C27H29F3N6O/c1-12-13(2)33-25-23(32-12)22(20-17-8-26(27(28,29)30)9-18(20)21(17)26)34-24(35-25)14-5-6-37-19(7-14)15-10-31-36(11-15)16-3-4-16/h10-11,14,16-21H,3-9H2,1-2H3. The Morgan fingerprint density at radius 1 is 1.00 bits per heavy atom. The molecule has 0 bridgehead atoms. The Kier molecular flexibility index (Phi) is 4.40. The van der Waals surface area contributed by atoms with Crippen LogP contribution in [0.4, 0.5) is 13.2 Å². The minimum absolute atomic E-state index is 0.0160. The van der Waals surface area contributed by atoms with Gasteiger partial charge in [0.15, 0.2) is 5.65 Å². The average Bonchev–Trinajstić information content (AvgIpc) is 3.59. The van der Waals surface area contributed by atoms with Crippen LogP contribution in [0.3, 0.4) is 0 Å². The van der Waals surface area contributed by atoms with Crippen molar-refractivity contribution < 1.29 is 17.9 Å². The third-order valence-electron chi connectivity index (χ3n) is 10.1. The first-order chi connectivity index (χ1) is 17.7. The van der Waals surface area contributed by atoms with Crippen LogP contribution >= 0.6 is 0 Å². The van der Waals surface area contributed by atoms with Gasteiger partial charge in [-0.1, -0.05) is 0 Å². The summed E-state index contributed by atoms with van der Waals surface area (Å²) in [6, 6.07) is 0.519. The van der Waals surface area contributed by atoms with Gasteiger partial charge in [0.2, 0.25) is 0 Å². The number of ether oxygens (including phenoxy) is 1. The smallest absolute Gasteiger partial charge is 0.373 e. The van der Waals surface area contributed by atoms with Gasteiger partial charge in [0, 0.05) is 30.2 Å². The summed E-state index contributed by atoms with van der Waals surface area (Å²) in [6.45, 7) is 4.43. The predicted octanol–water partition coefficient (Wildman–Crippen LogP) is 5.51. The predicted molar refractivity (Wildman–Crippen MR) is 127 cm³/mol. The van der Waals surface area contributed by atoms with E-state index in [1.54, 1.807) is 0 Å². The van der Waals surface area contributed by atoms with Crippen LogP contribution in [0.1, 0.15) is 91.0 Å². The summed E-state index contributed by atoms with van der Waals surface area (Å²) in [6.07, 6.45) is 4.16. The highest BCUT2D eigenvalue weighted by molar-refractivity contribution is 5.74. The number of aromatic nitrogens is 6. The van der Waals surface area contributed by atoms with Crippen molar-refractivity contribution in [3.05, 3.63) is 40.9 Å². The number of nitrogens with zero attached hydrogens (tertiary/aromatic N) is 6. The Morgan fingerprint density at radius 2 is 1.76 bits per heavy atom. The molecule has 0 spiro atoms. The topological polar surface area (TPSA) is 78.6 Å². The van der Waals surface area contributed by atoms with Gasteiger partial charge in [0.05, 0.1) is 40.8 Å². The Bertz CT molecular complexity index is 1420. The number of halogens is 3. The van der Waals surface area contributed by atoms with Crippen LogP contribution in [0.25, 0.3) is 11.2 Å². The van der Waals surface area contributed by atoms with Crippen molar-refractivity contribution in [2.24, 2.45) is 23.2 Å². The van der Waals surface area contributed by atoms with Gasteiger partial charge in [-0.3, -0.25) is 4.68 Å². The molecule has 0 amide bonds. The molecule has 0 N–H and O–H groups in total. The third-order valence-corrected chi connectivity index (χ3v) is 10.1. The first-order valence-electron chi connectivity index (χ1n) is 13.5. The highest BCUT2D eigenvalue weighted by Gasteiger charge is 2.84. The van der Waals surface area contributed by atoms with E-state index in [2.05, 4.69) is 11.3 Å². The number of rotatable bonds is 4. The van der Waals surface area contributed by atoms with E-state index >= 15 is 0 Å². The maximum absolute atomic E-state index is 13.7. The van der Waals surface area contributed by atoms with Crippen LogP contribution in [0.2, 0.25) is 0 Å². The normalized spacial score (nSPS) is 36.5. The zero-order valence-electron chi connectivity index (χ0n) is 20.9. The summed E-state index contributed by atoms with van der Waals surface area (Å²) >= 11 is 0. The molecule has 7 nitrogen and oxygen atoms in total. The zero-order valence-corrected chi connectivity index (χ0v) is 20.9. The number of aryl methyl sites for hydroxylation is 2. The Labute approximate surface area is 212 Å². The fourth-order valence-electron chi connectivity index (χ4n) is 7.85. The number of hydrogen-bond acceptors (Lipinski definition) is 6. The summed E-state index contributed by atoms with van der Waals surface area (Å²) in [5, 5.41) is 4.53. The van der Waals surface area contributed by atoms with Crippen molar-refractivity contribution in [2.75, 3.05) is 6.61 Å². The largest absolute Gasteiger partial charge is 0.394 e. The van der Waals surface area contributed by atoms with Crippen LogP contribution < -0.4 is 0 Å². The van der Waals surface area contributed by atoms with Crippen molar-refractivity contribution in [1.29, 1.82) is 0 Å². The van der Waals surface area contributed by atoms with E-state index in [0.717, 1.165) is 41.3 Å². The molecule has 5 aliphatic rings. The molecule has 1 saturated heterocycles. The molecular formula is C27H29F3N6O. The molecule has 3 aromatic rings. The lowest BCUT2D eigenvalue weighted by Gasteiger charge is -2.78. The van der Waals surface area contributed by atoms with E-state index in [9.17, 15) is 13.2 Å². The van der Waals surface area contributed by atoms with E-state index in [-0.39, 0.29) is 48.5 Å². The van der Waals surface area contributed by atoms with E-state index in [1.807, 2.05) is 24.7 Å². The molecular weight excluding hydrogens is 481 g/mol. The molecule has 0 aromatic carbocycles. The van der Waals surface area contributed by atoms with Gasteiger partial charge in [0.25, 0.3) is 0 Å². The summed E-state index contributed by atoms with van der Waals surface area (Å²) < 4.78 is 49.3. The Balaban J connectivity index is 1.14. The first kappa shape index (κ1) is 22.4. The fourth-order valence-corrected chi connectivity index (χ4v) is 7.85. The van der Waals surface area contributed by atoms with Gasteiger partial charge in [-0.2, -0.15) is 18.3 Å². The fraction of sp³-hybridized carbons (Fsp3) is 0.667. The molecule has 4 aliphatic carbocycles. The van der Waals surface area contributed by atoms with Gasteiger partial charge < -0.3 is 4.74 Å². The molecule has 194 valence electrons. The second-order valence-corrected chi connectivity index (χ2v) is 12.0. The van der Waals surface area contributed by atoms with E-state index in [4.69, 9.17) is 24.7 Å². The van der Waals surface area contributed by atoms with Crippen molar-refractivity contribution >= 4 is 11.2 Å². The molecule has 3 aromatic heterocycles. The highest BCUT2D eigenvalue weighted by atomic mass is 19.4. The van der Waals surface area contributed by atoms with Crippen LogP contribution in [0, 0.1) is 37.0 Å². The van der Waals surface area contributed by atoms with Gasteiger partial charge in [-0.15, -0.1) is 0 Å². The monoisotopic (exact) mass is 510 g/mol. The summed E-state index contributed by atoms with van der Waals surface area (Å²) in [4.78, 5) is 19.5. The number of alkyl halides is 3. The molecule has 10 heteroatoms. The van der Waals surface area contributed by atoms with Gasteiger partial charge in [-0.25, -0.2) is 19.9 Å². The van der Waals surface area contributed by atoms with Gasteiger partial charge in [0.1, 0.15) is 11.3 Å². The number of fused-ring (bicyclic) bond motifs is 1. The summed E-state index contributed by atoms with van der Waals surface area (Å²) in [5.74, 6) is 0.647. The van der Waals surface area contributed by atoms with Crippen molar-refractivity contribution in [2.45, 2.75) is 82.5 Å². The van der Waals surface area contributed by atoms with E-state index < -0.39 is 11.6 Å². The SMILES string of the molecule is Cc1nc2nc(C3CCOC(c4cnn(C5CC5)c4)C3)nc(C3C4CC5(C(F)(F)F)CC3C45)c2nc1C. The molecule has 4 heterocycles. The molecule has 4 atom stereocenters. The van der Waals surface area contributed by atoms with Crippen LogP contribution in [-0.2, 0) is 4.74 Å². The molecule has 8 rings (SSSR count). The lowest BCUT2D eigenvalue weighted by atomic mass is 9.25. The lowest BCUT2D eigenvalue weighted by Crippen LogP contribution is -2.77. The van der Waals surface area contributed by atoms with Crippen LogP contribution in [-0.4, -0.2) is 42.5 Å². The Morgan fingerprint density at radius 3 is 2.46 bits per heavy atom. The number of hydrogen-bond donors (Lipinski definition) is 0. The summed E-state index contributed by atoms with van der Waals surface area (Å²) in [7, 11) is 0. The maximum Gasteiger partial charge on any atom is 0.394 e. The maximum atomic E-state index is 13.7. The van der Waals surface area contributed by atoms with Gasteiger partial charge in [-0.05, 0) is 70.1 Å². The zero-order chi connectivity index (χ0) is 25.3. The average molecular weight is 511 g/mol. The van der Waals surface area contributed by atoms with Crippen molar-refractivity contribution in [3.8, 4) is 0 Å². The molecule has 4 unspecified atom stereocenters. The summed E-state index contributed by atoms with van der Waals surface area (Å²) in [5.41, 5.74) is 3.32. The Hall–Kier alpha value is -2.62. The van der Waals surface area contributed by atoms with Gasteiger partial charge >= 0.3 is 6.18 Å². The first-order valence-corrected chi connectivity index (χ1v) is 13.5. The minimum atomic E-state index is -4.10. The molecule has 4 saturated carbocycles. The molecule has 0 radical (unpaired) electrons. The van der Waals surface area contributed by atoms with Crippen molar-refractivity contribution in [3.63, 3.8) is 0 Å². The molecule has 37 heavy (non-hydrogen) atoms. The van der Waals surface area contributed by atoms with Crippen LogP contribution in [0.5, 0.6) is 0 Å². The highest BCUT2D eigenvalue weighted by Crippen LogP contribution is 2.85. The third kappa shape index (κ3) is 3.02. The molecule has 1 aliphatic heterocycles. The van der Waals surface area contributed by atoms with E-state index in [0.29, 0.717) is 23.8 Å². The second kappa shape index (κ2) is 7.27.